The number of rotatable bonds is 6. The van der Waals surface area contributed by atoms with Gasteiger partial charge in [0.15, 0.2) is 0 Å². The largest absolute Gasteiger partial charge is 0.309 e. The van der Waals surface area contributed by atoms with E-state index in [0.29, 0.717) is 0 Å². The van der Waals surface area contributed by atoms with Crippen LogP contribution in [0.1, 0.15) is 0 Å². The Morgan fingerprint density at radius 3 is 0.911 bits per heavy atom. The number of nitrogens with zero attached hydrogens (tertiary/aromatic N) is 2. The Morgan fingerprint density at radius 1 is 0.196 bits per heavy atom. The van der Waals surface area contributed by atoms with Gasteiger partial charge in [-0.2, -0.15) is 0 Å². The molecule has 2 aromatic heterocycles. The first-order valence-corrected chi connectivity index (χ1v) is 19.3. The molecule has 0 fully saturated rings. The summed E-state index contributed by atoms with van der Waals surface area (Å²) in [7, 11) is 0. The molecule has 0 amide bonds. The molecule has 0 saturated heterocycles. The van der Waals surface area contributed by atoms with Crippen LogP contribution in [0.3, 0.4) is 0 Å². The summed E-state index contributed by atoms with van der Waals surface area (Å²) in [6.07, 6.45) is 0. The molecule has 0 N–H and O–H groups in total. The smallest absolute Gasteiger partial charge is 0.0541 e. The topological polar surface area (TPSA) is 9.86 Å². The van der Waals surface area contributed by atoms with Crippen LogP contribution in [0.25, 0.3) is 99.5 Å². The minimum atomic E-state index is 1.15. The summed E-state index contributed by atoms with van der Waals surface area (Å²) in [5, 5.41) is 5.06. The van der Waals surface area contributed by atoms with E-state index in [4.69, 9.17) is 0 Å². The van der Waals surface area contributed by atoms with Crippen molar-refractivity contribution in [1.29, 1.82) is 0 Å². The molecule has 0 radical (unpaired) electrons. The fourth-order valence-corrected chi connectivity index (χ4v) is 8.66. The number of fused-ring (bicyclic) bond motifs is 6. The summed E-state index contributed by atoms with van der Waals surface area (Å²) < 4.78 is 4.80. The van der Waals surface area contributed by atoms with E-state index in [1.165, 1.54) is 88.1 Å². The van der Waals surface area contributed by atoms with Crippen LogP contribution < -0.4 is 0 Å². The molecule has 0 aliphatic carbocycles. The van der Waals surface area contributed by atoms with E-state index in [-0.39, 0.29) is 0 Å². The third kappa shape index (κ3) is 5.34. The molecule has 11 rings (SSSR count). The zero-order chi connectivity index (χ0) is 37.0. The zero-order valence-electron chi connectivity index (χ0n) is 30.7. The normalized spacial score (nSPS) is 11.6. The van der Waals surface area contributed by atoms with Crippen LogP contribution in [-0.4, -0.2) is 9.13 Å². The molecule has 0 atom stereocenters. The molecule has 2 heteroatoms. The van der Waals surface area contributed by atoms with E-state index < -0.39 is 0 Å². The Balaban J connectivity index is 1.09. The first kappa shape index (κ1) is 32.0. The molecule has 262 valence electrons. The van der Waals surface area contributed by atoms with Crippen molar-refractivity contribution in [1.82, 2.24) is 9.13 Å². The van der Waals surface area contributed by atoms with Crippen LogP contribution in [0.4, 0.5) is 0 Å². The van der Waals surface area contributed by atoms with Crippen molar-refractivity contribution in [3.05, 3.63) is 218 Å². The summed E-state index contributed by atoms with van der Waals surface area (Å²) in [5.74, 6) is 0. The molecule has 0 aliphatic rings. The Kier molecular flexibility index (Phi) is 7.53. The van der Waals surface area contributed by atoms with Crippen molar-refractivity contribution >= 4 is 43.6 Å². The van der Waals surface area contributed by atoms with E-state index in [1.54, 1.807) is 0 Å². The van der Waals surface area contributed by atoms with Gasteiger partial charge in [0.2, 0.25) is 0 Å². The molecule has 11 aromatic rings. The lowest BCUT2D eigenvalue weighted by molar-refractivity contribution is 1.18. The van der Waals surface area contributed by atoms with E-state index in [0.717, 1.165) is 11.4 Å². The standard InChI is InChI=1S/C54H36N2/c1-2-14-37(15-3-1)38-28-30-39(31-29-38)42-32-43(40-16-12-18-45(35-40)55-51-24-8-4-20-47(51)48-21-5-9-25-52(48)55)34-44(33-42)41-17-13-19-46(36-41)56-53-26-10-6-22-49(53)50-23-7-11-27-54(50)56/h1-36H. The molecular formula is C54H36N2. The lowest BCUT2D eigenvalue weighted by Gasteiger charge is -2.15. The Labute approximate surface area is 325 Å². The van der Waals surface area contributed by atoms with Gasteiger partial charge < -0.3 is 9.13 Å². The van der Waals surface area contributed by atoms with Gasteiger partial charge in [-0.15, -0.1) is 0 Å². The maximum Gasteiger partial charge on any atom is 0.0541 e. The van der Waals surface area contributed by atoms with Gasteiger partial charge in [0.05, 0.1) is 22.1 Å². The van der Waals surface area contributed by atoms with E-state index >= 15 is 0 Å². The van der Waals surface area contributed by atoms with Gasteiger partial charge >= 0.3 is 0 Å². The van der Waals surface area contributed by atoms with E-state index in [9.17, 15) is 0 Å². The second-order valence-electron chi connectivity index (χ2n) is 14.6. The summed E-state index contributed by atoms with van der Waals surface area (Å²) in [6.45, 7) is 0. The highest BCUT2D eigenvalue weighted by atomic mass is 15.0. The van der Waals surface area contributed by atoms with Crippen molar-refractivity contribution in [2.24, 2.45) is 0 Å². The second kappa shape index (κ2) is 13.2. The molecule has 0 bridgehead atoms. The predicted octanol–water partition coefficient (Wildman–Crippen LogP) is 14.5. The maximum absolute atomic E-state index is 2.40. The zero-order valence-corrected chi connectivity index (χ0v) is 30.7. The fourth-order valence-electron chi connectivity index (χ4n) is 8.66. The third-order valence-electron chi connectivity index (χ3n) is 11.3. The average molecular weight is 713 g/mol. The highest BCUT2D eigenvalue weighted by molar-refractivity contribution is 6.10. The minimum absolute atomic E-state index is 1.15. The van der Waals surface area contributed by atoms with Crippen LogP contribution in [0.15, 0.2) is 218 Å². The maximum atomic E-state index is 2.40. The SMILES string of the molecule is c1ccc(-c2ccc(-c3cc(-c4cccc(-n5c6ccccc6c6ccccc65)c4)cc(-c4cccc(-n5c6ccccc6c6ccccc65)c4)c3)cc2)cc1. The molecule has 0 unspecified atom stereocenters. The Hall–Kier alpha value is -7.42. The van der Waals surface area contributed by atoms with Gasteiger partial charge in [0.25, 0.3) is 0 Å². The monoisotopic (exact) mass is 712 g/mol. The molecule has 2 heterocycles. The predicted molar refractivity (Wildman–Crippen MR) is 237 cm³/mol. The van der Waals surface area contributed by atoms with Gasteiger partial charge in [-0.25, -0.2) is 0 Å². The lowest BCUT2D eigenvalue weighted by atomic mass is 9.92. The summed E-state index contributed by atoms with van der Waals surface area (Å²) in [4.78, 5) is 0. The van der Waals surface area contributed by atoms with Crippen molar-refractivity contribution in [2.75, 3.05) is 0 Å². The minimum Gasteiger partial charge on any atom is -0.309 e. The average Bonchev–Trinajstić information content (AvgIpc) is 3.80. The molecule has 9 aromatic carbocycles. The quantitative estimate of drug-likeness (QED) is 0.162. The number of aromatic nitrogens is 2. The molecule has 0 aliphatic heterocycles. The van der Waals surface area contributed by atoms with Crippen LogP contribution in [0.5, 0.6) is 0 Å². The van der Waals surface area contributed by atoms with Crippen molar-refractivity contribution in [2.45, 2.75) is 0 Å². The van der Waals surface area contributed by atoms with Gasteiger partial charge in [0, 0.05) is 32.9 Å². The Bertz CT molecular complexity index is 2950. The third-order valence-corrected chi connectivity index (χ3v) is 11.3. The Morgan fingerprint density at radius 2 is 0.500 bits per heavy atom. The van der Waals surface area contributed by atoms with Crippen LogP contribution in [0, 0.1) is 0 Å². The van der Waals surface area contributed by atoms with Gasteiger partial charge in [-0.1, -0.05) is 152 Å². The second-order valence-corrected chi connectivity index (χ2v) is 14.6. The number of benzene rings is 9. The summed E-state index contributed by atoms with van der Waals surface area (Å²) in [6, 6.07) is 79.5. The number of hydrogen-bond donors (Lipinski definition) is 0. The van der Waals surface area contributed by atoms with Crippen LogP contribution >= 0.6 is 0 Å². The summed E-state index contributed by atoms with van der Waals surface area (Å²) in [5.41, 5.74) is 16.6. The van der Waals surface area contributed by atoms with Gasteiger partial charge in [-0.05, 0) is 111 Å². The molecule has 56 heavy (non-hydrogen) atoms. The van der Waals surface area contributed by atoms with Crippen LogP contribution in [0.2, 0.25) is 0 Å². The number of para-hydroxylation sites is 4. The molecule has 2 nitrogen and oxygen atoms in total. The summed E-state index contributed by atoms with van der Waals surface area (Å²) >= 11 is 0. The molecular weight excluding hydrogens is 677 g/mol. The fraction of sp³-hybridized carbons (Fsp3) is 0. The van der Waals surface area contributed by atoms with E-state index in [2.05, 4.69) is 228 Å². The van der Waals surface area contributed by atoms with Crippen molar-refractivity contribution in [3.8, 4) is 55.9 Å². The van der Waals surface area contributed by atoms with Gasteiger partial charge in [0.1, 0.15) is 0 Å². The van der Waals surface area contributed by atoms with Gasteiger partial charge in [-0.3, -0.25) is 0 Å². The highest BCUT2D eigenvalue weighted by Crippen LogP contribution is 2.38. The van der Waals surface area contributed by atoms with Crippen LogP contribution in [-0.2, 0) is 0 Å². The van der Waals surface area contributed by atoms with Crippen molar-refractivity contribution in [3.63, 3.8) is 0 Å². The number of hydrogen-bond acceptors (Lipinski definition) is 0. The highest BCUT2D eigenvalue weighted by Gasteiger charge is 2.15. The lowest BCUT2D eigenvalue weighted by Crippen LogP contribution is -1.95. The first-order valence-electron chi connectivity index (χ1n) is 19.3. The van der Waals surface area contributed by atoms with E-state index in [1.807, 2.05) is 0 Å². The molecule has 0 saturated carbocycles. The molecule has 0 spiro atoms. The first-order chi connectivity index (χ1) is 27.8. The van der Waals surface area contributed by atoms with Crippen molar-refractivity contribution < 1.29 is 0 Å².